The Hall–Kier alpha value is -2.29. The highest BCUT2D eigenvalue weighted by Gasteiger charge is 2.34. The van der Waals surface area contributed by atoms with E-state index >= 15 is 0 Å². The molecule has 0 aliphatic heterocycles. The molecule has 3 nitrogen and oxygen atoms in total. The Morgan fingerprint density at radius 3 is 2.20 bits per heavy atom. The Morgan fingerprint density at radius 1 is 1.05 bits per heavy atom. The first kappa shape index (κ1) is 14.1. The van der Waals surface area contributed by atoms with Crippen LogP contribution in [-0.2, 0) is 10.3 Å². The SMILES string of the molecule is Cc1ccc(NC(C)(C(N)=O)c2ccccc2C)cc1. The van der Waals surface area contributed by atoms with E-state index in [1.165, 1.54) is 5.56 Å². The van der Waals surface area contributed by atoms with Crippen LogP contribution in [0, 0.1) is 13.8 Å². The van der Waals surface area contributed by atoms with Crippen molar-refractivity contribution in [3.05, 3.63) is 65.2 Å². The Morgan fingerprint density at radius 2 is 1.65 bits per heavy atom. The highest BCUT2D eigenvalue weighted by molar-refractivity contribution is 5.89. The molecule has 104 valence electrons. The maximum atomic E-state index is 12.0. The summed E-state index contributed by atoms with van der Waals surface area (Å²) in [7, 11) is 0. The second-order valence-electron chi connectivity index (χ2n) is 5.30. The maximum Gasteiger partial charge on any atom is 0.247 e. The van der Waals surface area contributed by atoms with E-state index in [4.69, 9.17) is 5.73 Å². The minimum Gasteiger partial charge on any atom is -0.368 e. The van der Waals surface area contributed by atoms with Gasteiger partial charge in [-0.15, -0.1) is 0 Å². The van der Waals surface area contributed by atoms with E-state index < -0.39 is 11.4 Å². The van der Waals surface area contributed by atoms with E-state index in [0.717, 1.165) is 16.8 Å². The Labute approximate surface area is 119 Å². The number of hydrogen-bond acceptors (Lipinski definition) is 2. The van der Waals surface area contributed by atoms with E-state index in [0.29, 0.717) is 0 Å². The van der Waals surface area contributed by atoms with Crippen LogP contribution < -0.4 is 11.1 Å². The van der Waals surface area contributed by atoms with Crippen LogP contribution in [0.4, 0.5) is 5.69 Å². The summed E-state index contributed by atoms with van der Waals surface area (Å²) in [5.41, 5.74) is 8.70. The molecule has 0 bridgehead atoms. The summed E-state index contributed by atoms with van der Waals surface area (Å²) in [6.45, 7) is 5.82. The maximum absolute atomic E-state index is 12.0. The second kappa shape index (κ2) is 5.37. The Bertz CT molecular complexity index is 619. The predicted octanol–water partition coefficient (Wildman–Crippen LogP) is 3.12. The first-order valence-corrected chi connectivity index (χ1v) is 6.64. The van der Waals surface area contributed by atoms with Gasteiger partial charge in [0.1, 0.15) is 5.54 Å². The van der Waals surface area contributed by atoms with E-state index in [1.807, 2.05) is 69.3 Å². The van der Waals surface area contributed by atoms with Crippen molar-refractivity contribution in [2.24, 2.45) is 5.73 Å². The van der Waals surface area contributed by atoms with Crippen molar-refractivity contribution in [2.75, 3.05) is 5.32 Å². The van der Waals surface area contributed by atoms with Gasteiger partial charge < -0.3 is 11.1 Å². The molecular weight excluding hydrogens is 248 g/mol. The third kappa shape index (κ3) is 2.67. The third-order valence-electron chi connectivity index (χ3n) is 3.62. The summed E-state index contributed by atoms with van der Waals surface area (Å²) in [4.78, 5) is 12.0. The highest BCUT2D eigenvalue weighted by Crippen LogP contribution is 2.28. The minimum absolute atomic E-state index is 0.396. The molecule has 20 heavy (non-hydrogen) atoms. The lowest BCUT2D eigenvalue weighted by Gasteiger charge is -2.30. The lowest BCUT2D eigenvalue weighted by Crippen LogP contribution is -2.45. The lowest BCUT2D eigenvalue weighted by molar-refractivity contribution is -0.122. The number of carbonyl (C=O) groups is 1. The normalized spacial score (nSPS) is 13.6. The molecule has 0 fully saturated rings. The standard InChI is InChI=1S/C17H20N2O/c1-12-8-10-14(11-9-12)19-17(3,16(18)20)15-7-5-4-6-13(15)2/h4-11,19H,1-3H3,(H2,18,20). The smallest absolute Gasteiger partial charge is 0.247 e. The Kier molecular flexibility index (Phi) is 3.79. The van der Waals surface area contributed by atoms with E-state index in [9.17, 15) is 4.79 Å². The summed E-state index contributed by atoms with van der Waals surface area (Å²) in [5.74, 6) is -0.396. The number of amides is 1. The van der Waals surface area contributed by atoms with Crippen LogP contribution in [-0.4, -0.2) is 5.91 Å². The number of anilines is 1. The average molecular weight is 268 g/mol. The van der Waals surface area contributed by atoms with Crippen LogP contribution in [0.5, 0.6) is 0 Å². The molecule has 0 spiro atoms. The second-order valence-corrected chi connectivity index (χ2v) is 5.30. The van der Waals surface area contributed by atoms with Gasteiger partial charge in [0.05, 0.1) is 0 Å². The number of rotatable bonds is 4. The fourth-order valence-corrected chi connectivity index (χ4v) is 2.32. The van der Waals surface area contributed by atoms with Crippen molar-refractivity contribution in [1.82, 2.24) is 0 Å². The van der Waals surface area contributed by atoms with Crippen LogP contribution >= 0.6 is 0 Å². The van der Waals surface area contributed by atoms with Crippen LogP contribution in [0.1, 0.15) is 23.6 Å². The summed E-state index contributed by atoms with van der Waals surface area (Å²) in [6, 6.07) is 15.7. The fourth-order valence-electron chi connectivity index (χ4n) is 2.32. The predicted molar refractivity (Wildman–Crippen MR) is 82.5 cm³/mol. The molecule has 1 amide bonds. The van der Waals surface area contributed by atoms with Gasteiger partial charge in [0.15, 0.2) is 0 Å². The molecule has 0 aromatic heterocycles. The summed E-state index contributed by atoms with van der Waals surface area (Å²) in [6.07, 6.45) is 0. The van der Waals surface area contributed by atoms with Gasteiger partial charge in [-0.25, -0.2) is 0 Å². The van der Waals surface area contributed by atoms with E-state index in [2.05, 4.69) is 5.32 Å². The molecule has 0 radical (unpaired) electrons. The molecule has 2 aromatic carbocycles. The molecule has 0 aliphatic carbocycles. The van der Waals surface area contributed by atoms with Gasteiger partial charge in [0.2, 0.25) is 5.91 Å². The third-order valence-corrected chi connectivity index (χ3v) is 3.62. The van der Waals surface area contributed by atoms with E-state index in [-0.39, 0.29) is 0 Å². The highest BCUT2D eigenvalue weighted by atomic mass is 16.1. The first-order valence-electron chi connectivity index (χ1n) is 6.64. The van der Waals surface area contributed by atoms with Gasteiger partial charge >= 0.3 is 0 Å². The molecule has 3 heteroatoms. The number of primary amides is 1. The van der Waals surface area contributed by atoms with Gasteiger partial charge in [-0.3, -0.25) is 4.79 Å². The number of carbonyl (C=O) groups excluding carboxylic acids is 1. The minimum atomic E-state index is -0.930. The zero-order chi connectivity index (χ0) is 14.8. The quantitative estimate of drug-likeness (QED) is 0.895. The largest absolute Gasteiger partial charge is 0.368 e. The zero-order valence-corrected chi connectivity index (χ0v) is 12.1. The molecule has 0 saturated heterocycles. The molecule has 1 unspecified atom stereocenters. The van der Waals surface area contributed by atoms with Crippen LogP contribution in [0.15, 0.2) is 48.5 Å². The van der Waals surface area contributed by atoms with E-state index in [1.54, 1.807) is 0 Å². The lowest BCUT2D eigenvalue weighted by atomic mass is 9.87. The van der Waals surface area contributed by atoms with Crippen molar-refractivity contribution in [2.45, 2.75) is 26.3 Å². The van der Waals surface area contributed by atoms with Crippen LogP contribution in [0.2, 0.25) is 0 Å². The summed E-state index contributed by atoms with van der Waals surface area (Å²) >= 11 is 0. The van der Waals surface area contributed by atoms with Crippen molar-refractivity contribution in [3.8, 4) is 0 Å². The molecule has 0 saturated carbocycles. The summed E-state index contributed by atoms with van der Waals surface area (Å²) in [5, 5.41) is 3.26. The molecule has 0 aliphatic rings. The number of nitrogens with one attached hydrogen (secondary N) is 1. The van der Waals surface area contributed by atoms with Crippen molar-refractivity contribution >= 4 is 11.6 Å². The topological polar surface area (TPSA) is 55.1 Å². The number of benzene rings is 2. The molecule has 0 heterocycles. The molecule has 3 N–H and O–H groups in total. The fraction of sp³-hybridized carbons (Fsp3) is 0.235. The van der Waals surface area contributed by atoms with Crippen LogP contribution in [0.3, 0.4) is 0 Å². The molecule has 1 atom stereocenters. The number of hydrogen-bond donors (Lipinski definition) is 2. The molecular formula is C17H20N2O. The Balaban J connectivity index is 2.43. The average Bonchev–Trinajstić information content (AvgIpc) is 2.41. The van der Waals surface area contributed by atoms with Gasteiger partial charge in [0, 0.05) is 5.69 Å². The van der Waals surface area contributed by atoms with Gasteiger partial charge in [0.25, 0.3) is 0 Å². The van der Waals surface area contributed by atoms with Crippen molar-refractivity contribution in [3.63, 3.8) is 0 Å². The number of nitrogens with two attached hydrogens (primary N) is 1. The molecule has 2 aromatic rings. The van der Waals surface area contributed by atoms with Gasteiger partial charge in [-0.1, -0.05) is 42.0 Å². The zero-order valence-electron chi connectivity index (χ0n) is 12.1. The first-order chi connectivity index (χ1) is 9.43. The molecule has 2 rings (SSSR count). The van der Waals surface area contributed by atoms with Crippen molar-refractivity contribution in [1.29, 1.82) is 0 Å². The number of aryl methyl sites for hydroxylation is 2. The summed E-state index contributed by atoms with van der Waals surface area (Å²) < 4.78 is 0. The van der Waals surface area contributed by atoms with Gasteiger partial charge in [-0.2, -0.15) is 0 Å². The monoisotopic (exact) mass is 268 g/mol. The van der Waals surface area contributed by atoms with Crippen molar-refractivity contribution < 1.29 is 4.79 Å². The van der Waals surface area contributed by atoms with Gasteiger partial charge in [-0.05, 0) is 44.0 Å². The van der Waals surface area contributed by atoms with Crippen LogP contribution in [0.25, 0.3) is 0 Å².